The molecule has 3 heterocycles. The Kier molecular flexibility index (Phi) is 6.30. The minimum absolute atomic E-state index is 0.196. The molecular weight excluding hydrogens is 446 g/mol. The molecule has 34 heavy (non-hydrogen) atoms. The highest BCUT2D eigenvalue weighted by molar-refractivity contribution is 7.80. The van der Waals surface area contributed by atoms with Crippen LogP contribution in [0.15, 0.2) is 46.8 Å². The molecule has 4 aliphatic rings. The molecule has 0 unspecified atom stereocenters. The first kappa shape index (κ1) is 22.8. The lowest BCUT2D eigenvalue weighted by atomic mass is 10.0. The highest BCUT2D eigenvalue weighted by atomic mass is 32.1. The fraction of sp³-hybridized carbons (Fsp3) is 0.444. The number of amides is 2. The quantitative estimate of drug-likeness (QED) is 0.460. The Morgan fingerprint density at radius 3 is 2.65 bits per heavy atom. The SMILES string of the molecule is CCCCN1C(=O)/C2=C/C3=C4Oc5cc(ccc5C=C4CC3)N(CC)CCCCN(C2=O)C1=S. The van der Waals surface area contributed by atoms with E-state index in [4.69, 9.17) is 17.0 Å². The van der Waals surface area contributed by atoms with Crippen LogP contribution in [0.5, 0.6) is 5.75 Å². The molecule has 0 spiro atoms. The zero-order valence-corrected chi connectivity index (χ0v) is 20.7. The normalized spacial score (nSPS) is 21.8. The van der Waals surface area contributed by atoms with E-state index >= 15 is 0 Å². The van der Waals surface area contributed by atoms with Crippen LogP contribution in [0.1, 0.15) is 57.9 Å². The van der Waals surface area contributed by atoms with E-state index in [1.165, 1.54) is 0 Å². The summed E-state index contributed by atoms with van der Waals surface area (Å²) in [4.78, 5) is 32.5. The van der Waals surface area contributed by atoms with E-state index in [-0.39, 0.29) is 17.4 Å². The summed E-state index contributed by atoms with van der Waals surface area (Å²) < 4.78 is 6.41. The Morgan fingerprint density at radius 2 is 1.85 bits per heavy atom. The van der Waals surface area contributed by atoms with E-state index < -0.39 is 0 Å². The molecule has 5 bridgehead atoms. The monoisotopic (exact) mass is 477 g/mol. The van der Waals surface area contributed by atoms with Crippen molar-refractivity contribution < 1.29 is 14.3 Å². The molecule has 1 aromatic rings. The van der Waals surface area contributed by atoms with Gasteiger partial charge in [-0.25, -0.2) is 0 Å². The van der Waals surface area contributed by atoms with Crippen LogP contribution in [0.2, 0.25) is 0 Å². The van der Waals surface area contributed by atoms with Gasteiger partial charge in [0.2, 0.25) is 0 Å². The molecule has 0 saturated carbocycles. The first-order chi connectivity index (χ1) is 16.5. The number of benzene rings is 1. The number of unbranched alkanes of at least 4 members (excludes halogenated alkanes) is 1. The molecule has 2 amide bonds. The van der Waals surface area contributed by atoms with Crippen LogP contribution in [0.3, 0.4) is 0 Å². The smallest absolute Gasteiger partial charge is 0.265 e. The zero-order valence-electron chi connectivity index (χ0n) is 19.9. The molecule has 0 radical (unpaired) electrons. The topological polar surface area (TPSA) is 53.1 Å². The number of ether oxygens (including phenoxy) is 1. The third kappa shape index (κ3) is 3.96. The minimum atomic E-state index is -0.287. The van der Waals surface area contributed by atoms with Crippen molar-refractivity contribution in [3.8, 4) is 5.75 Å². The number of hydrogen-bond donors (Lipinski definition) is 0. The lowest BCUT2D eigenvalue weighted by Gasteiger charge is -2.37. The molecule has 0 aromatic heterocycles. The third-order valence-electron chi connectivity index (χ3n) is 7.06. The Balaban J connectivity index is 1.61. The van der Waals surface area contributed by atoms with Gasteiger partial charge in [0.25, 0.3) is 11.8 Å². The van der Waals surface area contributed by atoms with Crippen molar-refractivity contribution >= 4 is 40.9 Å². The van der Waals surface area contributed by atoms with Gasteiger partial charge in [0.1, 0.15) is 17.1 Å². The molecule has 1 fully saturated rings. The third-order valence-corrected chi connectivity index (χ3v) is 7.50. The number of nitrogens with zero attached hydrogens (tertiary/aromatic N) is 3. The molecule has 1 aromatic carbocycles. The molecule has 0 atom stereocenters. The van der Waals surface area contributed by atoms with Gasteiger partial charge in [-0.1, -0.05) is 13.3 Å². The van der Waals surface area contributed by atoms with E-state index in [0.717, 1.165) is 85.5 Å². The number of anilines is 1. The molecule has 5 rings (SSSR count). The summed E-state index contributed by atoms with van der Waals surface area (Å²) >= 11 is 5.64. The van der Waals surface area contributed by atoms with E-state index in [1.807, 2.05) is 0 Å². The summed E-state index contributed by atoms with van der Waals surface area (Å²) in [5.74, 6) is 1.05. The van der Waals surface area contributed by atoms with Gasteiger partial charge in [0.15, 0.2) is 5.11 Å². The number of rotatable bonds is 4. The summed E-state index contributed by atoms with van der Waals surface area (Å²) in [6.45, 7) is 7.04. The molecule has 1 aliphatic carbocycles. The van der Waals surface area contributed by atoms with Gasteiger partial charge < -0.3 is 9.64 Å². The Bertz CT molecular complexity index is 1150. The van der Waals surface area contributed by atoms with E-state index in [9.17, 15) is 9.59 Å². The van der Waals surface area contributed by atoms with Gasteiger partial charge in [-0.05, 0) is 86.7 Å². The summed E-state index contributed by atoms with van der Waals surface area (Å²) in [6, 6.07) is 6.40. The van der Waals surface area contributed by atoms with Gasteiger partial charge in [-0.3, -0.25) is 19.4 Å². The second-order valence-corrected chi connectivity index (χ2v) is 9.61. The predicted molar refractivity (Wildman–Crippen MR) is 137 cm³/mol. The summed E-state index contributed by atoms with van der Waals surface area (Å²) in [5, 5.41) is 0.340. The second kappa shape index (κ2) is 9.37. The highest BCUT2D eigenvalue weighted by Gasteiger charge is 2.39. The minimum Gasteiger partial charge on any atom is -0.456 e. The maximum absolute atomic E-state index is 13.5. The zero-order chi connectivity index (χ0) is 23.8. The number of allylic oxidation sites excluding steroid dienone is 3. The van der Waals surface area contributed by atoms with E-state index in [1.54, 1.807) is 15.9 Å². The lowest BCUT2D eigenvalue weighted by molar-refractivity contribution is -0.133. The van der Waals surface area contributed by atoms with Gasteiger partial charge in [0.05, 0.1) is 0 Å². The van der Waals surface area contributed by atoms with Crippen LogP contribution >= 0.6 is 12.2 Å². The number of hydrogen-bond acceptors (Lipinski definition) is 5. The number of thiocarbonyl (C=S) groups is 1. The summed E-state index contributed by atoms with van der Waals surface area (Å²) in [7, 11) is 0. The second-order valence-electron chi connectivity index (χ2n) is 9.24. The molecule has 3 aliphatic heterocycles. The average Bonchev–Trinajstić information content (AvgIpc) is 3.22. The van der Waals surface area contributed by atoms with Gasteiger partial charge in [0, 0.05) is 43.5 Å². The Labute approximate surface area is 206 Å². The standard InChI is InChI=1S/C27H31N3O3S/c1-3-5-13-29-25(31)22-16-20-9-8-19-15-18-10-11-21(17-23(18)33-24(19)20)28(4-2)12-6-7-14-30(26(22)32)27(29)34/h10-11,15-17H,3-9,12-14H2,1-2H3/b22-16-. The fourth-order valence-corrected chi connectivity index (χ4v) is 5.43. The molecule has 178 valence electrons. The maximum atomic E-state index is 13.5. The number of fused-ring (bicyclic) bond motifs is 3. The largest absolute Gasteiger partial charge is 0.456 e. The highest BCUT2D eigenvalue weighted by Crippen LogP contribution is 2.42. The molecule has 7 heteroatoms. The van der Waals surface area contributed by atoms with Crippen LogP contribution in [0.4, 0.5) is 5.69 Å². The van der Waals surface area contributed by atoms with Crippen molar-refractivity contribution in [2.24, 2.45) is 0 Å². The van der Waals surface area contributed by atoms with Crippen molar-refractivity contribution in [1.29, 1.82) is 0 Å². The van der Waals surface area contributed by atoms with Gasteiger partial charge >= 0.3 is 0 Å². The van der Waals surface area contributed by atoms with Crippen molar-refractivity contribution in [2.45, 2.75) is 52.4 Å². The van der Waals surface area contributed by atoms with Crippen molar-refractivity contribution in [3.63, 3.8) is 0 Å². The number of carbonyl (C=O) groups excluding carboxylic acids is 2. The van der Waals surface area contributed by atoms with Crippen LogP contribution in [-0.4, -0.2) is 52.9 Å². The molecule has 0 N–H and O–H groups in total. The molecular formula is C27H31N3O3S. The maximum Gasteiger partial charge on any atom is 0.265 e. The van der Waals surface area contributed by atoms with E-state index in [0.29, 0.717) is 18.2 Å². The van der Waals surface area contributed by atoms with Gasteiger partial charge in [-0.2, -0.15) is 0 Å². The summed E-state index contributed by atoms with van der Waals surface area (Å²) in [6.07, 6.45) is 9.04. The fourth-order valence-electron chi connectivity index (χ4n) is 5.09. The first-order valence-electron chi connectivity index (χ1n) is 12.4. The van der Waals surface area contributed by atoms with Crippen LogP contribution < -0.4 is 9.64 Å². The van der Waals surface area contributed by atoms with Gasteiger partial charge in [-0.15, -0.1) is 0 Å². The Hall–Kier alpha value is -2.93. The molecule has 1 saturated heterocycles. The number of carbonyl (C=O) groups is 2. The first-order valence-corrected chi connectivity index (χ1v) is 12.8. The predicted octanol–water partition coefficient (Wildman–Crippen LogP) is 4.81. The van der Waals surface area contributed by atoms with E-state index in [2.05, 4.69) is 43.0 Å². The van der Waals surface area contributed by atoms with Crippen molar-refractivity contribution in [2.75, 3.05) is 31.1 Å². The average molecular weight is 478 g/mol. The van der Waals surface area contributed by atoms with Crippen molar-refractivity contribution in [1.82, 2.24) is 9.80 Å². The van der Waals surface area contributed by atoms with Crippen LogP contribution in [0.25, 0.3) is 6.08 Å². The summed E-state index contributed by atoms with van der Waals surface area (Å²) in [5.41, 5.74) is 4.43. The van der Waals surface area contributed by atoms with Crippen molar-refractivity contribution in [3.05, 3.63) is 52.3 Å². The lowest BCUT2D eigenvalue weighted by Crippen LogP contribution is -2.56. The Morgan fingerprint density at radius 1 is 1.03 bits per heavy atom. The van der Waals surface area contributed by atoms with Crippen LogP contribution in [-0.2, 0) is 9.59 Å². The molecule has 6 nitrogen and oxygen atoms in total. The van der Waals surface area contributed by atoms with Crippen LogP contribution in [0, 0.1) is 0 Å².